The first-order valence-corrected chi connectivity index (χ1v) is 11.3. The molecule has 1 unspecified atom stereocenters. The molecule has 0 bridgehead atoms. The van der Waals surface area contributed by atoms with Crippen LogP contribution in [0.1, 0.15) is 36.5 Å². The van der Waals surface area contributed by atoms with E-state index in [1.807, 2.05) is 11.8 Å². The summed E-state index contributed by atoms with van der Waals surface area (Å²) in [6.07, 6.45) is 3.08. The number of hydrogen-bond acceptors (Lipinski definition) is 4. The fraction of sp³-hybridized carbons (Fsp3) is 0.261. The molecule has 3 amide bonds. The number of piperidine rings is 1. The number of carbonyl (C=O) groups is 3. The number of amides is 3. The number of rotatable bonds is 4. The molecule has 0 radical (unpaired) electrons. The standard InChI is InChI=1S/C23H20Cl3N3O3/c1-13-5-2-3-10-28(13)21(30)14-6-4-7-15(11-14)27-20-19(26)22(31)29(23(20)32)16-8-9-17(24)18(25)12-16/h4,6-9,11-13,27H,2-3,5,10H2,1H3. The van der Waals surface area contributed by atoms with Crippen molar-refractivity contribution in [2.24, 2.45) is 0 Å². The number of likely N-dealkylation sites (tertiary alicyclic amines) is 1. The lowest BCUT2D eigenvalue weighted by atomic mass is 10.0. The van der Waals surface area contributed by atoms with E-state index in [2.05, 4.69) is 5.32 Å². The molecule has 1 atom stereocenters. The molecule has 1 saturated heterocycles. The maximum absolute atomic E-state index is 13.0. The first-order valence-electron chi connectivity index (χ1n) is 10.2. The van der Waals surface area contributed by atoms with E-state index in [1.54, 1.807) is 24.3 Å². The van der Waals surface area contributed by atoms with Crippen LogP contribution in [0.4, 0.5) is 11.4 Å². The molecule has 9 heteroatoms. The van der Waals surface area contributed by atoms with Gasteiger partial charge in [0.15, 0.2) is 0 Å². The Morgan fingerprint density at radius 1 is 1.00 bits per heavy atom. The van der Waals surface area contributed by atoms with Crippen molar-refractivity contribution in [2.45, 2.75) is 32.2 Å². The summed E-state index contributed by atoms with van der Waals surface area (Å²) in [6, 6.07) is 11.4. The maximum atomic E-state index is 13.0. The molecule has 2 heterocycles. The topological polar surface area (TPSA) is 69.7 Å². The Morgan fingerprint density at radius 2 is 1.78 bits per heavy atom. The van der Waals surface area contributed by atoms with Gasteiger partial charge in [0, 0.05) is 23.8 Å². The van der Waals surface area contributed by atoms with Crippen molar-refractivity contribution < 1.29 is 14.4 Å². The number of anilines is 2. The van der Waals surface area contributed by atoms with Crippen molar-refractivity contribution in [1.82, 2.24) is 4.90 Å². The first-order chi connectivity index (χ1) is 15.3. The fourth-order valence-electron chi connectivity index (χ4n) is 3.91. The van der Waals surface area contributed by atoms with Crippen molar-refractivity contribution in [3.8, 4) is 0 Å². The van der Waals surface area contributed by atoms with Crippen LogP contribution in [-0.2, 0) is 9.59 Å². The van der Waals surface area contributed by atoms with Gasteiger partial charge in [-0.15, -0.1) is 0 Å². The van der Waals surface area contributed by atoms with Crippen molar-refractivity contribution >= 4 is 63.9 Å². The minimum atomic E-state index is -0.674. The average Bonchev–Trinajstić information content (AvgIpc) is 2.99. The summed E-state index contributed by atoms with van der Waals surface area (Å²) < 4.78 is 0. The highest BCUT2D eigenvalue weighted by Crippen LogP contribution is 2.33. The normalized spacial score (nSPS) is 19.1. The van der Waals surface area contributed by atoms with Crippen LogP contribution in [0.15, 0.2) is 53.2 Å². The van der Waals surface area contributed by atoms with Crippen molar-refractivity contribution in [3.63, 3.8) is 0 Å². The Labute approximate surface area is 200 Å². The molecule has 1 fully saturated rings. The number of hydrogen-bond donors (Lipinski definition) is 1. The average molecular weight is 493 g/mol. The van der Waals surface area contributed by atoms with Crippen LogP contribution >= 0.6 is 34.8 Å². The van der Waals surface area contributed by atoms with E-state index in [4.69, 9.17) is 34.8 Å². The van der Waals surface area contributed by atoms with Crippen LogP contribution in [0.3, 0.4) is 0 Å². The lowest BCUT2D eigenvalue weighted by Gasteiger charge is -2.33. The zero-order valence-corrected chi connectivity index (χ0v) is 19.5. The second kappa shape index (κ2) is 9.14. The number of benzene rings is 2. The Morgan fingerprint density at radius 3 is 2.50 bits per heavy atom. The minimum Gasteiger partial charge on any atom is -0.350 e. The van der Waals surface area contributed by atoms with Crippen LogP contribution in [0.5, 0.6) is 0 Å². The summed E-state index contributed by atoms with van der Waals surface area (Å²) in [6.45, 7) is 2.77. The van der Waals surface area contributed by atoms with Gasteiger partial charge in [0.1, 0.15) is 10.7 Å². The monoisotopic (exact) mass is 491 g/mol. The SMILES string of the molecule is CC1CCCCN1C(=O)c1cccc(NC2=C(Cl)C(=O)N(c3ccc(Cl)c(Cl)c3)C2=O)c1. The molecule has 4 rings (SSSR count). The maximum Gasteiger partial charge on any atom is 0.283 e. The molecule has 0 aromatic heterocycles. The lowest BCUT2D eigenvalue weighted by molar-refractivity contribution is -0.120. The Balaban J connectivity index is 1.57. The van der Waals surface area contributed by atoms with Crippen LogP contribution in [0.2, 0.25) is 10.0 Å². The number of nitrogens with zero attached hydrogens (tertiary/aromatic N) is 2. The van der Waals surface area contributed by atoms with Crippen LogP contribution in [-0.4, -0.2) is 35.2 Å². The molecule has 32 heavy (non-hydrogen) atoms. The number of halogens is 3. The quantitative estimate of drug-likeness (QED) is 0.577. The van der Waals surface area contributed by atoms with Gasteiger partial charge in [-0.2, -0.15) is 0 Å². The number of imide groups is 1. The van der Waals surface area contributed by atoms with Gasteiger partial charge in [0.25, 0.3) is 17.7 Å². The molecule has 0 spiro atoms. The molecule has 2 aromatic carbocycles. The van der Waals surface area contributed by atoms with E-state index in [0.29, 0.717) is 16.3 Å². The molecule has 2 aliphatic rings. The van der Waals surface area contributed by atoms with Gasteiger partial charge in [-0.3, -0.25) is 14.4 Å². The van der Waals surface area contributed by atoms with Gasteiger partial charge in [-0.1, -0.05) is 40.9 Å². The third-order valence-electron chi connectivity index (χ3n) is 5.63. The molecule has 0 aliphatic carbocycles. The zero-order valence-electron chi connectivity index (χ0n) is 17.2. The van der Waals surface area contributed by atoms with Gasteiger partial charge in [-0.25, -0.2) is 4.90 Å². The molecule has 2 aromatic rings. The predicted molar refractivity (Wildman–Crippen MR) is 126 cm³/mol. The fourth-order valence-corrected chi connectivity index (χ4v) is 4.41. The summed E-state index contributed by atoms with van der Waals surface area (Å²) in [4.78, 5) is 41.4. The largest absolute Gasteiger partial charge is 0.350 e. The minimum absolute atomic E-state index is 0.0628. The summed E-state index contributed by atoms with van der Waals surface area (Å²) >= 11 is 18.2. The van der Waals surface area contributed by atoms with Crippen LogP contribution < -0.4 is 10.2 Å². The van der Waals surface area contributed by atoms with E-state index in [-0.39, 0.29) is 33.4 Å². The summed E-state index contributed by atoms with van der Waals surface area (Å²) in [7, 11) is 0. The van der Waals surface area contributed by atoms with Crippen LogP contribution in [0.25, 0.3) is 0 Å². The molecule has 1 N–H and O–H groups in total. The van der Waals surface area contributed by atoms with Crippen molar-refractivity contribution in [2.75, 3.05) is 16.8 Å². The van der Waals surface area contributed by atoms with E-state index < -0.39 is 11.8 Å². The second-order valence-electron chi connectivity index (χ2n) is 7.78. The van der Waals surface area contributed by atoms with E-state index in [1.165, 1.54) is 18.2 Å². The second-order valence-corrected chi connectivity index (χ2v) is 8.97. The Kier molecular flexibility index (Phi) is 6.47. The summed E-state index contributed by atoms with van der Waals surface area (Å²) in [5, 5.41) is 3.18. The van der Waals surface area contributed by atoms with Crippen molar-refractivity contribution in [1.29, 1.82) is 0 Å². The lowest BCUT2D eigenvalue weighted by Crippen LogP contribution is -2.42. The van der Waals surface area contributed by atoms with Gasteiger partial charge < -0.3 is 10.2 Å². The van der Waals surface area contributed by atoms with E-state index in [0.717, 1.165) is 30.7 Å². The highest BCUT2D eigenvalue weighted by atomic mass is 35.5. The Hall–Kier alpha value is -2.54. The summed E-state index contributed by atoms with van der Waals surface area (Å²) in [5.41, 5.74) is 1.16. The predicted octanol–water partition coefficient (Wildman–Crippen LogP) is 5.44. The van der Waals surface area contributed by atoms with Gasteiger partial charge >= 0.3 is 0 Å². The molecular weight excluding hydrogens is 473 g/mol. The van der Waals surface area contributed by atoms with Gasteiger partial charge in [0.2, 0.25) is 0 Å². The third kappa shape index (κ3) is 4.22. The Bertz CT molecular complexity index is 1150. The summed E-state index contributed by atoms with van der Waals surface area (Å²) in [5.74, 6) is -1.36. The molecular formula is C23H20Cl3N3O3. The van der Waals surface area contributed by atoms with Crippen LogP contribution in [0, 0.1) is 0 Å². The smallest absolute Gasteiger partial charge is 0.283 e. The number of nitrogens with one attached hydrogen (secondary N) is 1. The van der Waals surface area contributed by atoms with E-state index >= 15 is 0 Å². The van der Waals surface area contributed by atoms with Gasteiger partial charge in [0.05, 0.1) is 15.7 Å². The highest BCUT2D eigenvalue weighted by Gasteiger charge is 2.39. The van der Waals surface area contributed by atoms with Gasteiger partial charge in [-0.05, 0) is 62.6 Å². The molecule has 6 nitrogen and oxygen atoms in total. The van der Waals surface area contributed by atoms with E-state index in [9.17, 15) is 14.4 Å². The highest BCUT2D eigenvalue weighted by molar-refractivity contribution is 6.53. The zero-order chi connectivity index (χ0) is 23.0. The molecule has 2 aliphatic heterocycles. The third-order valence-corrected chi connectivity index (χ3v) is 6.72. The molecule has 166 valence electrons. The molecule has 0 saturated carbocycles. The van der Waals surface area contributed by atoms with Crippen molar-refractivity contribution in [3.05, 3.63) is 68.8 Å². The first kappa shape index (κ1) is 22.6. The number of carbonyl (C=O) groups excluding carboxylic acids is 3.